The van der Waals surface area contributed by atoms with Crippen molar-refractivity contribution >= 4 is 35.1 Å². The van der Waals surface area contributed by atoms with Crippen LogP contribution in [0, 0.1) is 0 Å². The first-order chi connectivity index (χ1) is 17.9. The molecule has 0 bridgehead atoms. The highest BCUT2D eigenvalue weighted by atomic mass is 19.4. The number of halogens is 3. The van der Waals surface area contributed by atoms with Gasteiger partial charge in [-0.2, -0.15) is 13.2 Å². The minimum atomic E-state index is -4.88. The van der Waals surface area contributed by atoms with E-state index >= 15 is 0 Å². The normalized spacial score (nSPS) is 20.3. The molecule has 0 spiro atoms. The summed E-state index contributed by atoms with van der Waals surface area (Å²) in [6, 6.07) is 7.78. The Kier molecular flexibility index (Phi) is 7.45. The standard InChI is InChI=1S/C26H26F3N3O6/c1-14-12-31(13-15(2)38-14)16-8-9-20(19(10-16)25(36)37-3)30-22(33)21(11-26(27,28)29)32-23(34)17-6-4-5-7-18(17)24(32)35/h4-10,14-15,21H,11-13H2,1-3H3,(H,30,33)/t14-,15?,21-/m0/s1. The number of hydrogen-bond donors (Lipinski definition) is 1. The molecule has 202 valence electrons. The van der Waals surface area contributed by atoms with Gasteiger partial charge in [0.15, 0.2) is 0 Å². The maximum absolute atomic E-state index is 13.5. The topological polar surface area (TPSA) is 105 Å². The van der Waals surface area contributed by atoms with Crippen molar-refractivity contribution in [2.75, 3.05) is 30.4 Å². The molecule has 2 aromatic rings. The van der Waals surface area contributed by atoms with Crippen LogP contribution in [0.15, 0.2) is 42.5 Å². The lowest BCUT2D eigenvalue weighted by Gasteiger charge is -2.37. The van der Waals surface area contributed by atoms with Crippen molar-refractivity contribution in [1.29, 1.82) is 0 Å². The van der Waals surface area contributed by atoms with Crippen LogP contribution in [-0.4, -0.2) is 73.2 Å². The molecule has 38 heavy (non-hydrogen) atoms. The number of nitrogens with zero attached hydrogens (tertiary/aromatic N) is 2. The summed E-state index contributed by atoms with van der Waals surface area (Å²) < 4.78 is 51.1. The Bertz CT molecular complexity index is 1240. The van der Waals surface area contributed by atoms with Crippen molar-refractivity contribution in [3.63, 3.8) is 0 Å². The van der Waals surface area contributed by atoms with Crippen molar-refractivity contribution in [1.82, 2.24) is 4.90 Å². The van der Waals surface area contributed by atoms with Gasteiger partial charge in [0.05, 0.1) is 48.1 Å². The second-order valence-corrected chi connectivity index (χ2v) is 9.23. The van der Waals surface area contributed by atoms with Crippen LogP contribution in [0.25, 0.3) is 0 Å². The summed E-state index contributed by atoms with van der Waals surface area (Å²) in [7, 11) is 1.13. The van der Waals surface area contributed by atoms with Crippen LogP contribution in [0.4, 0.5) is 24.5 Å². The molecule has 3 amide bonds. The molecule has 1 fully saturated rings. The lowest BCUT2D eigenvalue weighted by molar-refractivity contribution is -0.151. The van der Waals surface area contributed by atoms with Crippen molar-refractivity contribution in [3.8, 4) is 0 Å². The first-order valence-electron chi connectivity index (χ1n) is 11.9. The van der Waals surface area contributed by atoms with Gasteiger partial charge in [0.2, 0.25) is 5.91 Å². The fourth-order valence-corrected chi connectivity index (χ4v) is 4.73. The van der Waals surface area contributed by atoms with E-state index in [2.05, 4.69) is 5.32 Å². The number of alkyl halides is 3. The van der Waals surface area contributed by atoms with Gasteiger partial charge in [0.25, 0.3) is 11.8 Å². The number of carbonyl (C=O) groups excluding carboxylic acids is 4. The molecule has 2 aliphatic rings. The van der Waals surface area contributed by atoms with Crippen LogP contribution < -0.4 is 10.2 Å². The molecule has 2 aromatic carbocycles. The van der Waals surface area contributed by atoms with E-state index in [0.717, 1.165) is 7.11 Å². The Morgan fingerprint density at radius 2 is 1.63 bits per heavy atom. The molecule has 1 unspecified atom stereocenters. The van der Waals surface area contributed by atoms with Gasteiger partial charge in [-0.05, 0) is 44.2 Å². The number of morpholine rings is 1. The molecule has 1 N–H and O–H groups in total. The number of benzene rings is 2. The van der Waals surface area contributed by atoms with Crippen LogP contribution >= 0.6 is 0 Å². The number of rotatable bonds is 6. The number of nitrogens with one attached hydrogen (secondary N) is 1. The van der Waals surface area contributed by atoms with Crippen LogP contribution in [0.1, 0.15) is 51.3 Å². The van der Waals surface area contributed by atoms with Gasteiger partial charge < -0.3 is 19.7 Å². The van der Waals surface area contributed by atoms with Crippen LogP contribution in [0.5, 0.6) is 0 Å². The Morgan fingerprint density at radius 3 is 2.16 bits per heavy atom. The minimum Gasteiger partial charge on any atom is -0.465 e. The molecule has 0 saturated carbocycles. The van der Waals surface area contributed by atoms with Crippen molar-refractivity contribution in [2.24, 2.45) is 0 Å². The van der Waals surface area contributed by atoms with E-state index in [0.29, 0.717) is 23.7 Å². The van der Waals surface area contributed by atoms with Crippen molar-refractivity contribution in [3.05, 3.63) is 59.2 Å². The number of hydrogen-bond acceptors (Lipinski definition) is 7. The van der Waals surface area contributed by atoms with E-state index in [4.69, 9.17) is 9.47 Å². The molecule has 12 heteroatoms. The number of ether oxygens (including phenoxy) is 2. The second kappa shape index (κ2) is 10.4. The highest BCUT2D eigenvalue weighted by Crippen LogP contribution is 2.32. The summed E-state index contributed by atoms with van der Waals surface area (Å²) in [5.74, 6) is -4.11. The quantitative estimate of drug-likeness (QED) is 0.447. The lowest BCUT2D eigenvalue weighted by Crippen LogP contribution is -2.49. The summed E-state index contributed by atoms with van der Waals surface area (Å²) in [6.45, 7) is 4.87. The van der Waals surface area contributed by atoms with E-state index in [1.54, 1.807) is 6.07 Å². The molecule has 0 aromatic heterocycles. The summed E-state index contributed by atoms with van der Waals surface area (Å²) in [5, 5.41) is 2.31. The summed E-state index contributed by atoms with van der Waals surface area (Å²) in [6.07, 6.45) is -6.81. The number of esters is 1. The maximum atomic E-state index is 13.5. The average Bonchev–Trinajstić information content (AvgIpc) is 3.11. The van der Waals surface area contributed by atoms with Crippen LogP contribution in [-0.2, 0) is 14.3 Å². The molecule has 1 saturated heterocycles. The van der Waals surface area contributed by atoms with E-state index in [-0.39, 0.29) is 34.6 Å². The maximum Gasteiger partial charge on any atom is 0.391 e. The third-order valence-corrected chi connectivity index (χ3v) is 6.32. The largest absolute Gasteiger partial charge is 0.465 e. The van der Waals surface area contributed by atoms with Crippen molar-refractivity contribution in [2.45, 2.75) is 44.7 Å². The molecule has 0 radical (unpaired) electrons. The van der Waals surface area contributed by atoms with E-state index < -0.39 is 42.3 Å². The molecular weight excluding hydrogens is 507 g/mol. The molecule has 4 rings (SSSR count). The predicted octanol–water partition coefficient (Wildman–Crippen LogP) is 3.64. The number of amides is 3. The molecule has 3 atom stereocenters. The Balaban J connectivity index is 1.66. The zero-order valence-electron chi connectivity index (χ0n) is 20.9. The highest BCUT2D eigenvalue weighted by molar-refractivity contribution is 6.23. The first kappa shape index (κ1) is 27.1. The Hall–Kier alpha value is -3.93. The zero-order valence-corrected chi connectivity index (χ0v) is 20.9. The van der Waals surface area contributed by atoms with Gasteiger partial charge in [-0.15, -0.1) is 0 Å². The SMILES string of the molecule is COC(=O)c1cc(N2CC(C)O[C@@H](C)C2)ccc1NC(=O)[C@H](CC(F)(F)F)N1C(=O)c2ccccc2C1=O. The number of carbonyl (C=O) groups is 4. The van der Waals surface area contributed by atoms with Gasteiger partial charge in [0.1, 0.15) is 6.04 Å². The van der Waals surface area contributed by atoms with E-state index in [9.17, 15) is 32.3 Å². The Labute approximate surface area is 216 Å². The molecular formula is C26H26F3N3O6. The fourth-order valence-electron chi connectivity index (χ4n) is 4.73. The average molecular weight is 534 g/mol. The summed E-state index contributed by atoms with van der Waals surface area (Å²) >= 11 is 0. The monoisotopic (exact) mass is 533 g/mol. The fraction of sp³-hybridized carbons (Fsp3) is 0.385. The third kappa shape index (κ3) is 5.49. The minimum absolute atomic E-state index is 0.0810. The van der Waals surface area contributed by atoms with Crippen LogP contribution in [0.3, 0.4) is 0 Å². The number of fused-ring (bicyclic) bond motifs is 1. The van der Waals surface area contributed by atoms with Gasteiger partial charge >= 0.3 is 12.1 Å². The molecule has 9 nitrogen and oxygen atoms in total. The number of anilines is 2. The number of methoxy groups -OCH3 is 1. The summed E-state index contributed by atoms with van der Waals surface area (Å²) in [5.41, 5.74) is 0.219. The summed E-state index contributed by atoms with van der Waals surface area (Å²) in [4.78, 5) is 53.8. The molecule has 2 aliphatic heterocycles. The number of imide groups is 1. The predicted molar refractivity (Wildman–Crippen MR) is 130 cm³/mol. The van der Waals surface area contributed by atoms with Gasteiger partial charge in [-0.1, -0.05) is 12.1 Å². The van der Waals surface area contributed by atoms with E-state index in [1.165, 1.54) is 36.4 Å². The molecule has 0 aliphatic carbocycles. The highest BCUT2D eigenvalue weighted by Gasteiger charge is 2.47. The molecule has 2 heterocycles. The second-order valence-electron chi connectivity index (χ2n) is 9.23. The Morgan fingerprint density at radius 1 is 1.05 bits per heavy atom. The zero-order chi connectivity index (χ0) is 27.8. The van der Waals surface area contributed by atoms with E-state index in [1.807, 2.05) is 18.7 Å². The van der Waals surface area contributed by atoms with Crippen LogP contribution in [0.2, 0.25) is 0 Å². The first-order valence-corrected chi connectivity index (χ1v) is 11.9. The van der Waals surface area contributed by atoms with Gasteiger partial charge in [-0.3, -0.25) is 19.3 Å². The van der Waals surface area contributed by atoms with Gasteiger partial charge in [0, 0.05) is 18.8 Å². The van der Waals surface area contributed by atoms with Crippen molar-refractivity contribution < 1.29 is 41.8 Å². The third-order valence-electron chi connectivity index (χ3n) is 6.32. The smallest absolute Gasteiger partial charge is 0.391 e. The lowest BCUT2D eigenvalue weighted by atomic mass is 10.1. The van der Waals surface area contributed by atoms with Gasteiger partial charge in [-0.25, -0.2) is 4.79 Å².